The number of alkyl halides is 3. The Morgan fingerprint density at radius 1 is 1.30 bits per heavy atom. The summed E-state index contributed by atoms with van der Waals surface area (Å²) in [4.78, 5) is 11.9. The second-order valence-electron chi connectivity index (χ2n) is 3.83. The van der Waals surface area contributed by atoms with Crippen LogP contribution in [0.2, 0.25) is 0 Å². The largest absolute Gasteiger partial charge is 0.484 e. The molecule has 1 aliphatic rings. The highest BCUT2D eigenvalue weighted by Crippen LogP contribution is 2.26. The van der Waals surface area contributed by atoms with Crippen molar-refractivity contribution in [1.29, 1.82) is 0 Å². The van der Waals surface area contributed by atoms with Gasteiger partial charge in [-0.1, -0.05) is 36.1 Å². The van der Waals surface area contributed by atoms with Crippen LogP contribution in [0.1, 0.15) is 5.56 Å². The van der Waals surface area contributed by atoms with Crippen molar-refractivity contribution in [2.24, 2.45) is 0 Å². The molecule has 1 aromatic carbocycles. The lowest BCUT2D eigenvalue weighted by atomic mass is 10.2. The number of halogens is 3. The molecule has 1 amide bonds. The van der Waals surface area contributed by atoms with Crippen molar-refractivity contribution >= 4 is 40.3 Å². The third-order valence-corrected chi connectivity index (χ3v) is 3.39. The summed E-state index contributed by atoms with van der Waals surface area (Å²) in [6, 6.07) is 5.95. The zero-order valence-corrected chi connectivity index (χ0v) is 11.5. The number of rotatable bonds is 3. The summed E-state index contributed by atoms with van der Waals surface area (Å²) < 4.78 is 40.9. The Hall–Kier alpha value is -1.54. The minimum atomic E-state index is -4.37. The number of carbonyl (C=O) groups excluding carboxylic acids is 1. The van der Waals surface area contributed by atoms with Crippen molar-refractivity contribution in [2.75, 3.05) is 6.61 Å². The van der Waals surface area contributed by atoms with Gasteiger partial charge in [-0.2, -0.15) is 13.2 Å². The van der Waals surface area contributed by atoms with Crippen LogP contribution in [0.4, 0.5) is 13.2 Å². The molecule has 0 aromatic heterocycles. The summed E-state index contributed by atoms with van der Waals surface area (Å²) in [5, 5.41) is 2.47. The monoisotopic (exact) mass is 319 g/mol. The average Bonchev–Trinajstić information content (AvgIpc) is 2.66. The Labute approximate surface area is 122 Å². The van der Waals surface area contributed by atoms with Gasteiger partial charge in [0.1, 0.15) is 10.1 Å². The first-order valence-corrected chi connectivity index (χ1v) is 6.60. The molecule has 0 unspecified atom stereocenters. The molecule has 1 aromatic rings. The molecule has 8 heteroatoms. The minimum absolute atomic E-state index is 0.114. The van der Waals surface area contributed by atoms with Gasteiger partial charge in [-0.3, -0.25) is 4.79 Å². The number of nitrogens with one attached hydrogen (secondary N) is 1. The molecule has 3 nitrogen and oxygen atoms in total. The van der Waals surface area contributed by atoms with Crippen LogP contribution in [-0.4, -0.2) is 23.0 Å². The molecule has 1 saturated heterocycles. The number of ether oxygens (including phenoxy) is 1. The van der Waals surface area contributed by atoms with Crippen molar-refractivity contribution in [2.45, 2.75) is 6.18 Å². The van der Waals surface area contributed by atoms with Crippen molar-refractivity contribution in [1.82, 2.24) is 5.32 Å². The molecule has 106 valence electrons. The van der Waals surface area contributed by atoms with E-state index in [4.69, 9.17) is 12.2 Å². The fraction of sp³-hybridized carbons (Fsp3) is 0.167. The standard InChI is InChI=1S/C12H8F3NO2S2/c13-12(14,15)6-18-8-3-1-7(2-4-8)5-9-10(17)16-11(19)20-9/h1-5H,6H2,(H,16,17,19)/b9-5-. The Bertz CT molecular complexity index is 567. The number of thioether (sulfide) groups is 1. The lowest BCUT2D eigenvalue weighted by Crippen LogP contribution is -2.19. The molecule has 0 spiro atoms. The first-order valence-electron chi connectivity index (χ1n) is 5.38. The zero-order chi connectivity index (χ0) is 14.8. The predicted molar refractivity (Wildman–Crippen MR) is 74.3 cm³/mol. The number of amides is 1. The molecule has 0 radical (unpaired) electrons. The van der Waals surface area contributed by atoms with E-state index < -0.39 is 12.8 Å². The molecule has 1 fully saturated rings. The van der Waals surface area contributed by atoms with Gasteiger partial charge in [0.05, 0.1) is 4.91 Å². The molecular formula is C12H8F3NO2S2. The van der Waals surface area contributed by atoms with Gasteiger partial charge in [0.15, 0.2) is 6.61 Å². The first kappa shape index (κ1) is 14.9. The fourth-order valence-electron chi connectivity index (χ4n) is 1.40. The maximum atomic E-state index is 12.0. The van der Waals surface area contributed by atoms with E-state index in [0.717, 1.165) is 11.8 Å². The summed E-state index contributed by atoms with van der Waals surface area (Å²) in [5.74, 6) is -0.166. The zero-order valence-electron chi connectivity index (χ0n) is 9.86. The number of hydrogen-bond donors (Lipinski definition) is 1. The summed E-state index contributed by atoms with van der Waals surface area (Å²) in [5.41, 5.74) is 0.673. The molecule has 0 bridgehead atoms. The number of thiocarbonyl (C=S) groups is 1. The molecular weight excluding hydrogens is 311 g/mol. The van der Waals surface area contributed by atoms with Crippen LogP contribution in [0.5, 0.6) is 5.75 Å². The van der Waals surface area contributed by atoms with Gasteiger partial charge in [-0.25, -0.2) is 0 Å². The highest BCUT2D eigenvalue weighted by molar-refractivity contribution is 8.26. The van der Waals surface area contributed by atoms with E-state index in [-0.39, 0.29) is 11.7 Å². The molecule has 0 aliphatic carbocycles. The Balaban J connectivity index is 2.03. The molecule has 1 heterocycles. The molecule has 0 atom stereocenters. The number of benzene rings is 1. The Morgan fingerprint density at radius 2 is 1.95 bits per heavy atom. The quantitative estimate of drug-likeness (QED) is 0.686. The van der Waals surface area contributed by atoms with Gasteiger partial charge in [0.25, 0.3) is 5.91 Å². The highest BCUT2D eigenvalue weighted by atomic mass is 32.2. The lowest BCUT2D eigenvalue weighted by molar-refractivity contribution is -0.153. The van der Waals surface area contributed by atoms with E-state index in [1.54, 1.807) is 18.2 Å². The molecule has 2 rings (SSSR count). The minimum Gasteiger partial charge on any atom is -0.484 e. The van der Waals surface area contributed by atoms with Crippen molar-refractivity contribution in [3.63, 3.8) is 0 Å². The summed E-state index contributed by atoms with van der Waals surface area (Å²) in [7, 11) is 0. The van der Waals surface area contributed by atoms with Crippen LogP contribution in [0.25, 0.3) is 6.08 Å². The van der Waals surface area contributed by atoms with Crippen LogP contribution < -0.4 is 10.1 Å². The van der Waals surface area contributed by atoms with E-state index in [0.29, 0.717) is 14.8 Å². The van der Waals surface area contributed by atoms with Crippen LogP contribution in [-0.2, 0) is 4.79 Å². The van der Waals surface area contributed by atoms with Crippen molar-refractivity contribution in [3.8, 4) is 5.75 Å². The third-order valence-electron chi connectivity index (χ3n) is 2.22. The van der Waals surface area contributed by atoms with E-state index in [9.17, 15) is 18.0 Å². The Morgan fingerprint density at radius 3 is 2.45 bits per heavy atom. The molecule has 20 heavy (non-hydrogen) atoms. The van der Waals surface area contributed by atoms with Crippen LogP contribution in [0, 0.1) is 0 Å². The maximum Gasteiger partial charge on any atom is 0.422 e. The normalized spacial score (nSPS) is 17.4. The SMILES string of the molecule is O=C1NC(=S)S/C1=C\c1ccc(OCC(F)(F)F)cc1. The van der Waals surface area contributed by atoms with Gasteiger partial charge in [0, 0.05) is 0 Å². The van der Waals surface area contributed by atoms with Crippen LogP contribution >= 0.6 is 24.0 Å². The lowest BCUT2D eigenvalue weighted by Gasteiger charge is -2.08. The number of hydrogen-bond acceptors (Lipinski definition) is 4. The summed E-state index contributed by atoms with van der Waals surface area (Å²) in [6.07, 6.45) is -2.76. The van der Waals surface area contributed by atoms with Gasteiger partial charge in [0.2, 0.25) is 0 Å². The van der Waals surface area contributed by atoms with Crippen molar-refractivity contribution in [3.05, 3.63) is 34.7 Å². The second kappa shape index (κ2) is 5.84. The van der Waals surface area contributed by atoms with E-state index in [1.165, 1.54) is 12.1 Å². The van der Waals surface area contributed by atoms with Gasteiger partial charge < -0.3 is 10.1 Å². The summed E-state index contributed by atoms with van der Waals surface area (Å²) in [6.45, 7) is -1.33. The Kier molecular flexibility index (Phi) is 4.34. The first-order chi connectivity index (χ1) is 9.33. The molecule has 1 N–H and O–H groups in total. The van der Waals surface area contributed by atoms with Crippen LogP contribution in [0.15, 0.2) is 29.2 Å². The van der Waals surface area contributed by atoms with Gasteiger partial charge in [-0.05, 0) is 23.8 Å². The van der Waals surface area contributed by atoms with Gasteiger partial charge in [-0.15, -0.1) is 0 Å². The van der Waals surface area contributed by atoms with E-state index >= 15 is 0 Å². The average molecular weight is 319 g/mol. The number of carbonyl (C=O) groups is 1. The third kappa shape index (κ3) is 4.24. The van der Waals surface area contributed by atoms with E-state index in [1.807, 2.05) is 0 Å². The molecule has 0 saturated carbocycles. The van der Waals surface area contributed by atoms with Crippen molar-refractivity contribution < 1.29 is 22.7 Å². The predicted octanol–water partition coefficient (Wildman–Crippen LogP) is 3.12. The topological polar surface area (TPSA) is 38.3 Å². The second-order valence-corrected chi connectivity index (χ2v) is 5.54. The molecule has 1 aliphatic heterocycles. The van der Waals surface area contributed by atoms with Gasteiger partial charge >= 0.3 is 6.18 Å². The highest BCUT2D eigenvalue weighted by Gasteiger charge is 2.28. The fourth-order valence-corrected chi connectivity index (χ4v) is 2.44. The van der Waals surface area contributed by atoms with E-state index in [2.05, 4.69) is 10.1 Å². The summed E-state index contributed by atoms with van der Waals surface area (Å²) >= 11 is 5.98. The smallest absolute Gasteiger partial charge is 0.422 e. The maximum absolute atomic E-state index is 12.0. The van der Waals surface area contributed by atoms with Crippen LogP contribution in [0.3, 0.4) is 0 Å².